The van der Waals surface area contributed by atoms with E-state index in [9.17, 15) is 0 Å². The highest BCUT2D eigenvalue weighted by molar-refractivity contribution is 8.00. The van der Waals surface area contributed by atoms with Crippen LogP contribution in [0.1, 0.15) is 44.9 Å². The summed E-state index contributed by atoms with van der Waals surface area (Å²) in [5.41, 5.74) is 0. The van der Waals surface area contributed by atoms with Crippen LogP contribution in [-0.2, 0) is 0 Å². The van der Waals surface area contributed by atoms with E-state index in [1.54, 1.807) is 0 Å². The second-order valence-electron chi connectivity index (χ2n) is 6.17. The molecule has 1 aliphatic carbocycles. The quantitative estimate of drug-likeness (QED) is 0.830. The molecule has 17 heavy (non-hydrogen) atoms. The third kappa shape index (κ3) is 2.52. The van der Waals surface area contributed by atoms with E-state index >= 15 is 0 Å². The number of piperidine rings is 1. The molecule has 98 valence electrons. The molecule has 0 radical (unpaired) electrons. The van der Waals surface area contributed by atoms with Crippen LogP contribution in [0.4, 0.5) is 0 Å². The number of thioether (sulfide) groups is 1. The molecule has 0 aromatic heterocycles. The van der Waals surface area contributed by atoms with Crippen molar-refractivity contribution >= 4 is 11.8 Å². The lowest BCUT2D eigenvalue weighted by Gasteiger charge is -2.43. The summed E-state index contributed by atoms with van der Waals surface area (Å²) in [6.07, 6.45) is 12.3. The monoisotopic (exact) mass is 254 g/mol. The smallest absolute Gasteiger partial charge is 0.0281 e. The van der Waals surface area contributed by atoms with Gasteiger partial charge in [-0.15, -0.1) is 0 Å². The Hall–Kier alpha value is 0.270. The van der Waals surface area contributed by atoms with Gasteiger partial charge in [0.2, 0.25) is 0 Å². The zero-order valence-corrected chi connectivity index (χ0v) is 11.9. The summed E-state index contributed by atoms with van der Waals surface area (Å²) >= 11 is 2.09. The third-order valence-corrected chi connectivity index (χ3v) is 6.65. The molecule has 2 unspecified atom stereocenters. The predicted molar refractivity (Wildman–Crippen MR) is 75.7 cm³/mol. The number of fused-ring (bicyclic) bond motifs is 1. The largest absolute Gasteiger partial charge is 0.312 e. The van der Waals surface area contributed by atoms with Gasteiger partial charge in [0.1, 0.15) is 0 Å². The van der Waals surface area contributed by atoms with Crippen molar-refractivity contribution in [2.24, 2.45) is 0 Å². The molecule has 3 fully saturated rings. The first-order valence-corrected chi connectivity index (χ1v) is 8.56. The van der Waals surface area contributed by atoms with E-state index in [2.05, 4.69) is 28.2 Å². The lowest BCUT2D eigenvalue weighted by molar-refractivity contribution is 0.162. The second kappa shape index (κ2) is 5.10. The molecular weight excluding hydrogens is 228 g/mol. The van der Waals surface area contributed by atoms with E-state index in [4.69, 9.17) is 0 Å². The lowest BCUT2D eigenvalue weighted by Crippen LogP contribution is -2.51. The van der Waals surface area contributed by atoms with Gasteiger partial charge in [-0.3, -0.25) is 0 Å². The first-order valence-electron chi connectivity index (χ1n) is 7.34. The number of hydrogen-bond donors (Lipinski definition) is 1. The molecule has 0 aromatic rings. The van der Waals surface area contributed by atoms with Crippen molar-refractivity contribution in [3.63, 3.8) is 0 Å². The Bertz CT molecular complexity index is 259. The number of rotatable bonds is 4. The number of nitrogens with zero attached hydrogens (tertiary/aromatic N) is 1. The van der Waals surface area contributed by atoms with E-state index in [1.165, 1.54) is 64.6 Å². The van der Waals surface area contributed by atoms with Gasteiger partial charge in [-0.05, 0) is 57.9 Å². The van der Waals surface area contributed by atoms with E-state index in [0.717, 1.165) is 12.1 Å². The number of hydrogen-bond acceptors (Lipinski definition) is 3. The topological polar surface area (TPSA) is 15.3 Å². The maximum absolute atomic E-state index is 3.88. The lowest BCUT2D eigenvalue weighted by atomic mass is 9.83. The second-order valence-corrected chi connectivity index (χ2v) is 7.45. The summed E-state index contributed by atoms with van der Waals surface area (Å²) < 4.78 is 0.604. The van der Waals surface area contributed by atoms with Gasteiger partial charge in [0.15, 0.2) is 0 Å². The maximum Gasteiger partial charge on any atom is 0.0281 e. The van der Waals surface area contributed by atoms with Crippen LogP contribution < -0.4 is 5.32 Å². The van der Waals surface area contributed by atoms with Crippen molar-refractivity contribution in [1.82, 2.24) is 10.2 Å². The normalized spacial score (nSPS) is 36.5. The van der Waals surface area contributed by atoms with Crippen LogP contribution in [0.5, 0.6) is 0 Å². The molecule has 2 aliphatic heterocycles. The van der Waals surface area contributed by atoms with Crippen molar-refractivity contribution in [3.05, 3.63) is 0 Å². The fraction of sp³-hybridized carbons (Fsp3) is 1.00. The molecule has 2 saturated heterocycles. The van der Waals surface area contributed by atoms with Crippen molar-refractivity contribution in [1.29, 1.82) is 0 Å². The van der Waals surface area contributed by atoms with Crippen molar-refractivity contribution in [2.45, 2.75) is 61.8 Å². The fourth-order valence-electron chi connectivity index (χ4n) is 3.76. The van der Waals surface area contributed by atoms with Gasteiger partial charge < -0.3 is 10.2 Å². The van der Waals surface area contributed by atoms with E-state index in [-0.39, 0.29) is 0 Å². The van der Waals surface area contributed by atoms with Crippen LogP contribution in [0.2, 0.25) is 0 Å². The van der Waals surface area contributed by atoms with Crippen LogP contribution in [0.25, 0.3) is 0 Å². The molecule has 2 heterocycles. The van der Waals surface area contributed by atoms with Gasteiger partial charge in [0.05, 0.1) is 0 Å². The van der Waals surface area contributed by atoms with Gasteiger partial charge in [-0.1, -0.05) is 6.42 Å². The van der Waals surface area contributed by atoms with Crippen LogP contribution in [0.3, 0.4) is 0 Å². The predicted octanol–water partition coefficient (Wildman–Crippen LogP) is 2.49. The molecule has 3 rings (SSSR count). The summed E-state index contributed by atoms with van der Waals surface area (Å²) in [7, 11) is 0. The summed E-state index contributed by atoms with van der Waals surface area (Å²) in [6, 6.07) is 1.71. The summed E-state index contributed by atoms with van der Waals surface area (Å²) in [4.78, 5) is 2.71. The Morgan fingerprint density at radius 1 is 1.24 bits per heavy atom. The van der Waals surface area contributed by atoms with Crippen molar-refractivity contribution in [3.8, 4) is 0 Å². The third-order valence-electron chi connectivity index (χ3n) is 5.23. The molecule has 1 N–H and O–H groups in total. The molecule has 3 heteroatoms. The zero-order chi connectivity index (χ0) is 11.7. The fourth-order valence-corrected chi connectivity index (χ4v) is 4.69. The first-order chi connectivity index (χ1) is 8.31. The standard InChI is InChI=1S/C14H26N2S/c1-17-14(6-3-7-14)11-15-12-5-9-16-8-2-4-13(16)10-12/h12-13,15H,2-11H2,1H3. The Kier molecular flexibility index (Phi) is 3.69. The Morgan fingerprint density at radius 2 is 2.12 bits per heavy atom. The molecule has 0 aromatic carbocycles. The molecule has 1 saturated carbocycles. The molecule has 0 spiro atoms. The minimum Gasteiger partial charge on any atom is -0.312 e. The van der Waals surface area contributed by atoms with Gasteiger partial charge in [-0.2, -0.15) is 11.8 Å². The Balaban J connectivity index is 1.46. The van der Waals surface area contributed by atoms with Crippen molar-refractivity contribution in [2.75, 3.05) is 25.9 Å². The van der Waals surface area contributed by atoms with E-state index in [0.29, 0.717) is 4.75 Å². The highest BCUT2D eigenvalue weighted by atomic mass is 32.2. The highest BCUT2D eigenvalue weighted by Crippen LogP contribution is 2.42. The highest BCUT2D eigenvalue weighted by Gasteiger charge is 2.37. The average Bonchev–Trinajstić information content (AvgIpc) is 2.75. The first kappa shape index (κ1) is 12.3. The van der Waals surface area contributed by atoms with Crippen LogP contribution >= 0.6 is 11.8 Å². The SMILES string of the molecule is CSC1(CNC2CCN3CCCC3C2)CCC1. The minimum absolute atomic E-state index is 0.604. The zero-order valence-electron chi connectivity index (χ0n) is 11.1. The van der Waals surface area contributed by atoms with Crippen LogP contribution in [0.15, 0.2) is 0 Å². The average molecular weight is 254 g/mol. The summed E-state index contributed by atoms with van der Waals surface area (Å²) in [5.74, 6) is 0. The van der Waals surface area contributed by atoms with Gasteiger partial charge >= 0.3 is 0 Å². The molecule has 2 nitrogen and oxygen atoms in total. The Morgan fingerprint density at radius 3 is 2.82 bits per heavy atom. The van der Waals surface area contributed by atoms with Gasteiger partial charge in [-0.25, -0.2) is 0 Å². The maximum atomic E-state index is 3.88. The molecule has 0 amide bonds. The molecule has 2 atom stereocenters. The minimum atomic E-state index is 0.604. The Labute approximate surface area is 110 Å². The summed E-state index contributed by atoms with van der Waals surface area (Å²) in [6.45, 7) is 3.96. The molecule has 3 aliphatic rings. The molecular formula is C14H26N2S. The van der Waals surface area contributed by atoms with E-state index in [1.807, 2.05) is 0 Å². The van der Waals surface area contributed by atoms with Gasteiger partial charge in [0.25, 0.3) is 0 Å². The van der Waals surface area contributed by atoms with Crippen LogP contribution in [-0.4, -0.2) is 47.6 Å². The van der Waals surface area contributed by atoms with Crippen LogP contribution in [0, 0.1) is 0 Å². The molecule has 0 bridgehead atoms. The number of nitrogens with one attached hydrogen (secondary N) is 1. The summed E-state index contributed by atoms with van der Waals surface area (Å²) in [5, 5.41) is 3.88. The van der Waals surface area contributed by atoms with Gasteiger partial charge in [0, 0.05) is 23.4 Å². The van der Waals surface area contributed by atoms with Crippen molar-refractivity contribution < 1.29 is 0 Å². The van der Waals surface area contributed by atoms with E-state index < -0.39 is 0 Å².